The molecule has 3 unspecified atom stereocenters. The quantitative estimate of drug-likeness (QED) is 0.453. The lowest BCUT2D eigenvalue weighted by atomic mass is 9.96. The van der Waals surface area contributed by atoms with Crippen LogP contribution in [0.2, 0.25) is 0 Å². The molecular weight excluding hydrogens is 337 g/mol. The first-order valence-corrected chi connectivity index (χ1v) is 7.85. The minimum Gasteiger partial charge on any atom is -0.435 e. The number of ether oxygens (including phenoxy) is 2. The molecule has 3 atom stereocenters. The number of β-lactam (4-membered cyclic amide) rings is 1. The van der Waals surface area contributed by atoms with Crippen LogP contribution in [0.25, 0.3) is 0 Å². The van der Waals surface area contributed by atoms with Crippen LogP contribution in [-0.4, -0.2) is 39.7 Å². The van der Waals surface area contributed by atoms with Crippen molar-refractivity contribution < 1.29 is 19.1 Å². The van der Waals surface area contributed by atoms with E-state index in [0.29, 0.717) is 0 Å². The first-order valence-electron chi connectivity index (χ1n) is 5.61. The fourth-order valence-corrected chi connectivity index (χ4v) is 3.49. The monoisotopic (exact) mass is 349 g/mol. The van der Waals surface area contributed by atoms with Crippen molar-refractivity contribution in [2.75, 3.05) is 12.4 Å². The van der Waals surface area contributed by atoms with E-state index in [1.54, 1.807) is 6.92 Å². The van der Waals surface area contributed by atoms with Crippen molar-refractivity contribution in [1.82, 2.24) is 5.32 Å². The number of carbonyl (C=O) groups excluding carboxylic acids is 2. The Balaban J connectivity index is 2.67. The van der Waals surface area contributed by atoms with Gasteiger partial charge in [-0.3, -0.25) is 4.79 Å². The van der Waals surface area contributed by atoms with Crippen LogP contribution in [0.4, 0.5) is 4.79 Å². The molecule has 0 spiro atoms. The van der Waals surface area contributed by atoms with Gasteiger partial charge >= 0.3 is 6.16 Å². The number of carbonyl (C=O) groups is 2. The van der Waals surface area contributed by atoms with Crippen LogP contribution in [-0.2, 0) is 14.3 Å². The molecule has 0 bridgehead atoms. The highest BCUT2D eigenvalue weighted by atomic mass is 35.5. The zero-order valence-corrected chi connectivity index (χ0v) is 13.4. The molecule has 1 aliphatic rings. The van der Waals surface area contributed by atoms with E-state index in [9.17, 15) is 9.59 Å². The topological polar surface area (TPSA) is 64.6 Å². The Hall–Kier alpha value is -0.0400. The second-order valence-corrected chi connectivity index (χ2v) is 6.91. The van der Waals surface area contributed by atoms with Crippen molar-refractivity contribution >= 4 is 58.6 Å². The van der Waals surface area contributed by atoms with E-state index >= 15 is 0 Å². The zero-order chi connectivity index (χ0) is 14.6. The van der Waals surface area contributed by atoms with Gasteiger partial charge in [0.1, 0.15) is 5.92 Å². The maximum absolute atomic E-state index is 11.6. The van der Waals surface area contributed by atoms with E-state index in [1.807, 2.05) is 6.92 Å². The summed E-state index contributed by atoms with van der Waals surface area (Å²) in [6.07, 6.45) is -0.979. The summed E-state index contributed by atoms with van der Waals surface area (Å²) in [5.41, 5.74) is -1.38. The van der Waals surface area contributed by atoms with Crippen molar-refractivity contribution in [3.05, 3.63) is 0 Å². The van der Waals surface area contributed by atoms with Gasteiger partial charge in [-0.1, -0.05) is 41.7 Å². The molecule has 0 radical (unpaired) electrons. The van der Waals surface area contributed by atoms with Gasteiger partial charge in [0.2, 0.25) is 11.5 Å². The number of rotatable bonds is 6. The maximum atomic E-state index is 11.6. The summed E-state index contributed by atoms with van der Waals surface area (Å²) in [5.74, 6) is -0.302. The van der Waals surface area contributed by atoms with Gasteiger partial charge in [-0.15, -0.1) is 11.8 Å². The molecule has 1 rings (SSSR count). The van der Waals surface area contributed by atoms with Gasteiger partial charge in [0.15, 0.2) is 4.33 Å². The summed E-state index contributed by atoms with van der Waals surface area (Å²) < 4.78 is 7.59. The first-order chi connectivity index (χ1) is 8.84. The summed E-state index contributed by atoms with van der Waals surface area (Å²) in [5, 5.41) is 2.41. The Morgan fingerprint density at radius 1 is 1.53 bits per heavy atom. The van der Waals surface area contributed by atoms with Crippen molar-refractivity contribution in [3.63, 3.8) is 0 Å². The van der Waals surface area contributed by atoms with Crippen LogP contribution < -0.4 is 5.32 Å². The molecule has 0 aromatic rings. The summed E-state index contributed by atoms with van der Waals surface area (Å²) in [6.45, 7) is 3.69. The predicted octanol–water partition coefficient (Wildman–Crippen LogP) is 2.72. The molecule has 9 heteroatoms. The van der Waals surface area contributed by atoms with E-state index in [2.05, 4.69) is 10.1 Å². The highest BCUT2D eigenvalue weighted by Crippen LogP contribution is 2.45. The molecule has 0 saturated carbocycles. The van der Waals surface area contributed by atoms with Gasteiger partial charge in [0.25, 0.3) is 0 Å². The smallest absolute Gasteiger partial charge is 0.435 e. The zero-order valence-electron chi connectivity index (χ0n) is 10.3. The van der Waals surface area contributed by atoms with Crippen molar-refractivity contribution in [2.24, 2.45) is 5.92 Å². The van der Waals surface area contributed by atoms with E-state index in [0.717, 1.165) is 5.75 Å². The third-order valence-electron chi connectivity index (χ3n) is 2.40. The third-order valence-corrected chi connectivity index (χ3v) is 5.00. The van der Waals surface area contributed by atoms with Crippen LogP contribution in [0.5, 0.6) is 0 Å². The van der Waals surface area contributed by atoms with Crippen LogP contribution in [0.15, 0.2) is 0 Å². The lowest BCUT2D eigenvalue weighted by molar-refractivity contribution is -0.133. The number of amides is 1. The Morgan fingerprint density at radius 3 is 2.63 bits per heavy atom. The van der Waals surface area contributed by atoms with E-state index < -0.39 is 22.0 Å². The van der Waals surface area contributed by atoms with E-state index in [-0.39, 0.29) is 17.9 Å². The number of thioether (sulfide) groups is 1. The average molecular weight is 351 g/mol. The fourth-order valence-electron chi connectivity index (χ4n) is 1.50. The van der Waals surface area contributed by atoms with Gasteiger partial charge < -0.3 is 14.8 Å². The molecule has 110 valence electrons. The lowest BCUT2D eigenvalue weighted by Crippen LogP contribution is -2.64. The first kappa shape index (κ1) is 17.0. The molecule has 1 amide bonds. The molecule has 0 aromatic carbocycles. The Kier molecular flexibility index (Phi) is 6.36. The fraction of sp³-hybridized carbons (Fsp3) is 0.800. The second kappa shape index (κ2) is 7.11. The highest BCUT2D eigenvalue weighted by molar-refractivity contribution is 8.00. The maximum Gasteiger partial charge on any atom is 0.509 e. The third kappa shape index (κ3) is 3.97. The molecule has 0 aromatic heterocycles. The molecule has 1 saturated heterocycles. The normalized spacial score (nSPS) is 24.2. The largest absolute Gasteiger partial charge is 0.509 e. The number of nitrogens with one attached hydrogen (secondary N) is 1. The summed E-state index contributed by atoms with van der Waals surface area (Å²) in [7, 11) is 0. The summed E-state index contributed by atoms with van der Waals surface area (Å²) >= 11 is 19.5. The minimum atomic E-state index is -1.72. The average Bonchev–Trinajstić information content (AvgIpc) is 2.27. The Bertz CT molecular complexity index is 356. The van der Waals surface area contributed by atoms with Crippen molar-refractivity contribution in [1.29, 1.82) is 0 Å². The lowest BCUT2D eigenvalue weighted by Gasteiger charge is -2.43. The van der Waals surface area contributed by atoms with Crippen LogP contribution in [0.1, 0.15) is 13.8 Å². The van der Waals surface area contributed by atoms with Gasteiger partial charge in [-0.2, -0.15) is 0 Å². The number of halogens is 3. The molecule has 0 aliphatic carbocycles. The van der Waals surface area contributed by atoms with Crippen LogP contribution >= 0.6 is 46.6 Å². The Morgan fingerprint density at radius 2 is 2.16 bits per heavy atom. The van der Waals surface area contributed by atoms with Crippen LogP contribution in [0.3, 0.4) is 0 Å². The molecular formula is C10H14Cl3NO4S. The molecule has 1 N–H and O–H groups in total. The predicted molar refractivity (Wildman–Crippen MR) is 75.7 cm³/mol. The summed E-state index contributed by atoms with van der Waals surface area (Å²) in [4.78, 5) is 22.7. The number of hydrogen-bond acceptors (Lipinski definition) is 5. The molecule has 1 aliphatic heterocycles. The number of alkyl halides is 3. The summed E-state index contributed by atoms with van der Waals surface area (Å²) in [6, 6.07) is 0. The van der Waals surface area contributed by atoms with Gasteiger partial charge in [0, 0.05) is 0 Å². The van der Waals surface area contributed by atoms with Crippen molar-refractivity contribution in [2.45, 2.75) is 29.1 Å². The van der Waals surface area contributed by atoms with Gasteiger partial charge in [-0.05, 0) is 12.7 Å². The molecule has 5 nitrogen and oxygen atoms in total. The number of hydrogen-bond donors (Lipinski definition) is 1. The standard InChI is InChI=1S/C10H14Cl3NO4S/c1-3-17-9(16)18-8(11)10(12,13)5-6(15)14-7(5)19-4-2/h5,7-8H,3-4H2,1-2H3,(H,14,15). The van der Waals surface area contributed by atoms with Gasteiger partial charge in [0.05, 0.1) is 12.0 Å². The molecule has 1 heterocycles. The van der Waals surface area contributed by atoms with E-state index in [1.165, 1.54) is 11.8 Å². The van der Waals surface area contributed by atoms with Crippen molar-refractivity contribution in [3.8, 4) is 0 Å². The molecule has 19 heavy (non-hydrogen) atoms. The van der Waals surface area contributed by atoms with Gasteiger partial charge in [-0.25, -0.2) is 4.79 Å². The Labute approximate surface area is 130 Å². The molecule has 1 fully saturated rings. The SMILES string of the molecule is CCOC(=O)OC(Cl)C(Cl)(Cl)C1C(=O)NC1SCC. The van der Waals surface area contributed by atoms with E-state index in [4.69, 9.17) is 39.5 Å². The highest BCUT2D eigenvalue weighted by Gasteiger charge is 2.57. The minimum absolute atomic E-state index is 0.137. The second-order valence-electron chi connectivity index (χ2n) is 3.65. The van der Waals surface area contributed by atoms with Crippen LogP contribution in [0, 0.1) is 5.92 Å².